The fraction of sp³-hybridized carbons (Fsp3) is 0. The molecular weight excluding hydrogens is 598 g/mol. The van der Waals surface area contributed by atoms with Crippen LogP contribution in [0.25, 0.3) is 32.3 Å². The molecule has 0 unspecified atom stereocenters. The summed E-state index contributed by atoms with van der Waals surface area (Å²) in [5.74, 6) is 0. The largest absolute Gasteiger partial charge is 0.249 e. The van der Waals surface area contributed by atoms with Gasteiger partial charge in [-0.05, 0) is 56.6 Å². The first-order chi connectivity index (χ1) is 22.7. The summed E-state index contributed by atoms with van der Waals surface area (Å²) in [6, 6.07) is 51.0. The standard InChI is InChI=1S/C40H24B2O2S2/c43-45-35-13-5-1-9-31(35)41(32-10-2-6-14-36(32)45)29-23-19-25-17-18-26-20-24-30(28-22-21-27(29)39(25)40(26)28)42-33-11-3-7-15-37(33)46(44)38-16-8-4-12-34(38)42/h1-24H. The Morgan fingerprint density at radius 1 is 0.326 bits per heavy atom. The van der Waals surface area contributed by atoms with Crippen LogP contribution in [-0.2, 0) is 21.6 Å². The van der Waals surface area contributed by atoms with Crippen LogP contribution in [0.3, 0.4) is 0 Å². The second-order valence-corrected chi connectivity index (χ2v) is 15.1. The zero-order valence-corrected chi connectivity index (χ0v) is 26.3. The van der Waals surface area contributed by atoms with Crippen LogP contribution in [0.5, 0.6) is 0 Å². The lowest BCUT2D eigenvalue weighted by atomic mass is 9.35. The molecule has 0 N–H and O–H groups in total. The topological polar surface area (TPSA) is 34.1 Å². The van der Waals surface area contributed by atoms with Gasteiger partial charge >= 0.3 is 0 Å². The molecule has 2 nitrogen and oxygen atoms in total. The second-order valence-electron chi connectivity index (χ2n) is 12.3. The molecule has 0 aromatic heterocycles. The van der Waals surface area contributed by atoms with Gasteiger partial charge in [0, 0.05) is 19.6 Å². The first-order valence-corrected chi connectivity index (χ1v) is 17.9. The Hall–Kier alpha value is -4.77. The van der Waals surface area contributed by atoms with Crippen molar-refractivity contribution in [2.24, 2.45) is 0 Å². The van der Waals surface area contributed by atoms with Gasteiger partial charge in [0.15, 0.2) is 0 Å². The number of hydrogen-bond acceptors (Lipinski definition) is 2. The predicted octanol–water partition coefficient (Wildman–Crippen LogP) is 4.58. The zero-order valence-electron chi connectivity index (χ0n) is 24.6. The molecule has 0 aliphatic carbocycles. The van der Waals surface area contributed by atoms with Crippen LogP contribution in [0, 0.1) is 0 Å². The summed E-state index contributed by atoms with van der Waals surface area (Å²) < 4.78 is 27.4. The summed E-state index contributed by atoms with van der Waals surface area (Å²) in [4.78, 5) is 3.58. The molecule has 0 saturated carbocycles. The van der Waals surface area contributed by atoms with Crippen molar-refractivity contribution in [2.45, 2.75) is 19.6 Å². The van der Waals surface area contributed by atoms with Crippen molar-refractivity contribution in [3.63, 3.8) is 0 Å². The van der Waals surface area contributed by atoms with Crippen molar-refractivity contribution in [1.82, 2.24) is 0 Å². The van der Waals surface area contributed by atoms with Crippen LogP contribution in [0.2, 0.25) is 0 Å². The monoisotopic (exact) mass is 622 g/mol. The molecule has 2 aliphatic heterocycles. The molecule has 8 aromatic rings. The van der Waals surface area contributed by atoms with E-state index in [-0.39, 0.29) is 13.4 Å². The second kappa shape index (κ2) is 9.86. The molecule has 0 radical (unpaired) electrons. The highest BCUT2D eigenvalue weighted by Gasteiger charge is 2.37. The van der Waals surface area contributed by atoms with Gasteiger partial charge in [0.1, 0.15) is 0 Å². The van der Waals surface area contributed by atoms with Gasteiger partial charge in [-0.15, -0.1) is 0 Å². The SMILES string of the molecule is O=S1c2ccccc2B(c2ccc3ccc4ccc(B5c6ccccc6S(=O)c6ccccc65)c5ccc2c3c45)c2ccccc21. The summed E-state index contributed by atoms with van der Waals surface area (Å²) in [7, 11) is -2.43. The highest BCUT2D eigenvalue weighted by molar-refractivity contribution is 7.86. The Labute approximate surface area is 272 Å². The molecule has 2 aliphatic rings. The van der Waals surface area contributed by atoms with E-state index >= 15 is 0 Å². The highest BCUT2D eigenvalue weighted by atomic mass is 32.2. The van der Waals surface area contributed by atoms with E-state index in [0.717, 1.165) is 41.4 Å². The number of rotatable bonds is 2. The van der Waals surface area contributed by atoms with Gasteiger partial charge in [0.05, 0.1) is 21.6 Å². The number of benzene rings is 8. The third-order valence-corrected chi connectivity index (χ3v) is 13.2. The Morgan fingerprint density at radius 2 is 0.630 bits per heavy atom. The molecule has 2 heterocycles. The summed E-state index contributed by atoms with van der Waals surface area (Å²) in [5.41, 5.74) is 6.90. The van der Waals surface area contributed by atoms with E-state index in [1.54, 1.807) is 0 Å². The van der Waals surface area contributed by atoms with Crippen LogP contribution in [0.4, 0.5) is 0 Å². The van der Waals surface area contributed by atoms with Gasteiger partial charge in [-0.1, -0.05) is 154 Å². The normalized spacial score (nSPS) is 14.4. The molecule has 214 valence electrons. The molecule has 0 amide bonds. The lowest BCUT2D eigenvalue weighted by molar-refractivity contribution is 0.682. The highest BCUT2D eigenvalue weighted by Crippen LogP contribution is 2.34. The number of hydrogen-bond donors (Lipinski definition) is 0. The van der Waals surface area contributed by atoms with E-state index < -0.39 is 21.6 Å². The van der Waals surface area contributed by atoms with Crippen molar-refractivity contribution in [1.29, 1.82) is 0 Å². The van der Waals surface area contributed by atoms with E-state index in [2.05, 4.69) is 97.1 Å². The van der Waals surface area contributed by atoms with E-state index in [1.165, 1.54) is 43.2 Å². The lowest BCUT2D eigenvalue weighted by Gasteiger charge is -2.28. The van der Waals surface area contributed by atoms with E-state index in [1.807, 2.05) is 48.5 Å². The molecular formula is C40H24B2O2S2. The van der Waals surface area contributed by atoms with Crippen LogP contribution in [-0.4, -0.2) is 21.8 Å². The maximum atomic E-state index is 13.7. The van der Waals surface area contributed by atoms with Crippen molar-refractivity contribution >= 4 is 100 Å². The fourth-order valence-electron chi connectivity index (χ4n) is 8.14. The Bertz CT molecular complexity index is 2330. The molecule has 0 saturated heterocycles. The maximum absolute atomic E-state index is 13.7. The number of fused-ring (bicyclic) bond motifs is 4. The molecule has 0 bridgehead atoms. The van der Waals surface area contributed by atoms with Crippen molar-refractivity contribution in [3.8, 4) is 0 Å². The Balaban J connectivity index is 1.27. The molecule has 46 heavy (non-hydrogen) atoms. The summed E-state index contributed by atoms with van der Waals surface area (Å²) in [6.45, 7) is -0.0533. The minimum absolute atomic E-state index is 0.0267. The van der Waals surface area contributed by atoms with Crippen molar-refractivity contribution in [2.75, 3.05) is 0 Å². The molecule has 0 spiro atoms. The Kier molecular flexibility index (Phi) is 5.67. The predicted molar refractivity (Wildman–Crippen MR) is 195 cm³/mol. The van der Waals surface area contributed by atoms with Crippen LogP contribution in [0.1, 0.15) is 0 Å². The van der Waals surface area contributed by atoms with Gasteiger partial charge in [0.25, 0.3) is 0 Å². The van der Waals surface area contributed by atoms with Gasteiger partial charge in [-0.3, -0.25) is 0 Å². The van der Waals surface area contributed by atoms with Gasteiger partial charge in [-0.25, -0.2) is 8.42 Å². The molecule has 8 aromatic carbocycles. The average Bonchev–Trinajstić information content (AvgIpc) is 3.12. The van der Waals surface area contributed by atoms with Gasteiger partial charge < -0.3 is 0 Å². The van der Waals surface area contributed by atoms with Crippen molar-refractivity contribution in [3.05, 3.63) is 146 Å². The molecule has 0 fully saturated rings. The van der Waals surface area contributed by atoms with Gasteiger partial charge in [-0.2, -0.15) is 0 Å². The minimum atomic E-state index is -1.22. The van der Waals surface area contributed by atoms with E-state index in [9.17, 15) is 8.42 Å². The smallest absolute Gasteiger partial charge is 0.245 e. The van der Waals surface area contributed by atoms with Crippen LogP contribution >= 0.6 is 0 Å². The molecule has 6 heteroatoms. The van der Waals surface area contributed by atoms with Crippen LogP contribution in [0.15, 0.2) is 165 Å². The molecule has 0 atom stereocenters. The third-order valence-electron chi connectivity index (χ3n) is 10.1. The van der Waals surface area contributed by atoms with E-state index in [0.29, 0.717) is 0 Å². The quantitative estimate of drug-likeness (QED) is 0.209. The first kappa shape index (κ1) is 26.4. The first-order valence-electron chi connectivity index (χ1n) is 15.6. The molecule has 10 rings (SSSR count). The van der Waals surface area contributed by atoms with E-state index in [4.69, 9.17) is 0 Å². The summed E-state index contributed by atoms with van der Waals surface area (Å²) in [5, 5.41) is 7.39. The minimum Gasteiger partial charge on any atom is -0.249 e. The van der Waals surface area contributed by atoms with Crippen molar-refractivity contribution < 1.29 is 8.42 Å². The Morgan fingerprint density at radius 3 is 0.978 bits per heavy atom. The third kappa shape index (κ3) is 3.54. The fourth-order valence-corrected chi connectivity index (χ4v) is 11.0. The summed E-state index contributed by atoms with van der Waals surface area (Å²) in [6.07, 6.45) is 0. The average molecular weight is 622 g/mol. The van der Waals surface area contributed by atoms with Gasteiger partial charge in [0.2, 0.25) is 13.4 Å². The van der Waals surface area contributed by atoms with Crippen LogP contribution < -0.4 is 32.8 Å². The lowest BCUT2D eigenvalue weighted by Crippen LogP contribution is -2.57. The zero-order chi connectivity index (χ0) is 30.5. The maximum Gasteiger partial charge on any atom is 0.245 e. The summed E-state index contributed by atoms with van der Waals surface area (Å²) >= 11 is 0.